The molecule has 6 nitrogen and oxygen atoms in total. The van der Waals surface area contributed by atoms with Gasteiger partial charge in [0.05, 0.1) is 21.9 Å². The van der Waals surface area contributed by atoms with Crippen molar-refractivity contribution in [1.82, 2.24) is 5.32 Å². The zero-order valence-electron chi connectivity index (χ0n) is 15.8. The number of methoxy groups -OCH3 is 1. The molecule has 1 aliphatic rings. The molecule has 3 rings (SSSR count). The summed E-state index contributed by atoms with van der Waals surface area (Å²) in [6.45, 7) is 1.65. The van der Waals surface area contributed by atoms with Crippen LogP contribution in [0.25, 0.3) is 0 Å². The van der Waals surface area contributed by atoms with Crippen LogP contribution in [0, 0.1) is 0 Å². The highest BCUT2D eigenvalue weighted by molar-refractivity contribution is 9.11. The molecular weight excluding hydrogens is 444 g/mol. The van der Waals surface area contributed by atoms with Crippen molar-refractivity contribution in [2.75, 3.05) is 12.4 Å². The summed E-state index contributed by atoms with van der Waals surface area (Å²) in [7, 11) is 1.59. The fraction of sp³-hybridized carbons (Fsp3) is 0.400. The van der Waals surface area contributed by atoms with Crippen LogP contribution in [0.2, 0.25) is 0 Å². The van der Waals surface area contributed by atoms with Crippen molar-refractivity contribution in [1.29, 1.82) is 0 Å². The van der Waals surface area contributed by atoms with E-state index in [0.717, 1.165) is 16.6 Å². The van der Waals surface area contributed by atoms with Crippen molar-refractivity contribution in [3.63, 3.8) is 0 Å². The topological polar surface area (TPSA) is 76.7 Å². The van der Waals surface area contributed by atoms with Crippen LogP contribution in [0.15, 0.2) is 34.1 Å². The lowest BCUT2D eigenvalue weighted by atomic mass is 10.2. The van der Waals surface area contributed by atoms with Gasteiger partial charge in [0.1, 0.15) is 6.04 Å². The first kappa shape index (κ1) is 20.7. The van der Waals surface area contributed by atoms with E-state index in [1.165, 1.54) is 24.2 Å². The minimum Gasteiger partial charge on any atom is -0.493 e. The average Bonchev–Trinajstić information content (AvgIpc) is 3.33. The predicted molar refractivity (Wildman–Crippen MR) is 113 cm³/mol. The number of carbonyl (C=O) groups excluding carboxylic acids is 2. The third-order valence-corrected chi connectivity index (χ3v) is 6.19. The number of hydrogen-bond acceptors (Lipinski definition) is 5. The minimum atomic E-state index is -0.685. The molecule has 1 unspecified atom stereocenters. The highest BCUT2D eigenvalue weighted by atomic mass is 79.9. The third-order valence-electron chi connectivity index (χ3n) is 4.56. The Balaban J connectivity index is 1.62. The highest BCUT2D eigenvalue weighted by Gasteiger charge is 2.21. The Hall–Kier alpha value is -2.06. The third kappa shape index (κ3) is 5.26. The number of benzene rings is 1. The summed E-state index contributed by atoms with van der Waals surface area (Å²) in [5, 5.41) is 5.53. The van der Waals surface area contributed by atoms with E-state index < -0.39 is 6.04 Å². The van der Waals surface area contributed by atoms with E-state index in [0.29, 0.717) is 22.1 Å². The number of anilines is 1. The van der Waals surface area contributed by atoms with Crippen LogP contribution in [-0.4, -0.2) is 31.1 Å². The van der Waals surface area contributed by atoms with Crippen LogP contribution in [0.3, 0.4) is 0 Å². The maximum Gasteiger partial charge on any atom is 0.262 e. The Labute approximate surface area is 176 Å². The fourth-order valence-corrected chi connectivity index (χ4v) is 4.34. The normalized spacial score (nSPS) is 15.1. The van der Waals surface area contributed by atoms with Gasteiger partial charge in [-0.2, -0.15) is 0 Å². The molecule has 150 valence electrons. The largest absolute Gasteiger partial charge is 0.493 e. The molecule has 8 heteroatoms. The molecule has 1 atom stereocenters. The van der Waals surface area contributed by atoms with E-state index in [9.17, 15) is 9.59 Å². The molecule has 1 heterocycles. The quantitative estimate of drug-likeness (QED) is 0.624. The monoisotopic (exact) mass is 466 g/mol. The van der Waals surface area contributed by atoms with Crippen LogP contribution < -0.4 is 20.1 Å². The van der Waals surface area contributed by atoms with Gasteiger partial charge in [-0.1, -0.05) is 0 Å². The predicted octanol–water partition coefficient (Wildman–Crippen LogP) is 4.60. The lowest BCUT2D eigenvalue weighted by Crippen LogP contribution is -2.41. The highest BCUT2D eigenvalue weighted by Crippen LogP contribution is 2.34. The van der Waals surface area contributed by atoms with Crippen LogP contribution in [0.1, 0.15) is 42.3 Å². The molecule has 1 fully saturated rings. The number of halogens is 1. The van der Waals surface area contributed by atoms with Crippen molar-refractivity contribution in [2.24, 2.45) is 0 Å². The van der Waals surface area contributed by atoms with Gasteiger partial charge in [0, 0.05) is 11.8 Å². The lowest BCUT2D eigenvalue weighted by Gasteiger charge is -2.18. The zero-order chi connectivity index (χ0) is 20.1. The molecule has 0 bridgehead atoms. The smallest absolute Gasteiger partial charge is 0.262 e. The maximum absolute atomic E-state index is 12.5. The second kappa shape index (κ2) is 9.43. The second-order valence-electron chi connectivity index (χ2n) is 6.68. The van der Waals surface area contributed by atoms with Crippen molar-refractivity contribution in [2.45, 2.75) is 44.8 Å². The molecule has 0 saturated heterocycles. The summed E-state index contributed by atoms with van der Waals surface area (Å²) >= 11 is 4.64. The molecular formula is C20H23BrN2O4S. The van der Waals surface area contributed by atoms with Gasteiger partial charge in [0.25, 0.3) is 5.91 Å². The van der Waals surface area contributed by atoms with Crippen molar-refractivity contribution in [3.05, 3.63) is 39.0 Å². The number of ether oxygens (including phenoxy) is 2. The van der Waals surface area contributed by atoms with E-state index in [1.54, 1.807) is 44.4 Å². The van der Waals surface area contributed by atoms with Gasteiger partial charge < -0.3 is 20.1 Å². The molecule has 0 radical (unpaired) electrons. The van der Waals surface area contributed by atoms with Gasteiger partial charge in [0.2, 0.25) is 5.91 Å². The first-order valence-electron chi connectivity index (χ1n) is 9.18. The Kier molecular flexibility index (Phi) is 6.96. The number of hydrogen-bond donors (Lipinski definition) is 2. The second-order valence-corrected chi connectivity index (χ2v) is 9.14. The van der Waals surface area contributed by atoms with Gasteiger partial charge in [-0.25, -0.2) is 0 Å². The molecule has 2 aromatic rings. The molecule has 1 aliphatic carbocycles. The number of thiophene rings is 1. The fourth-order valence-electron chi connectivity index (χ4n) is 3.05. The van der Waals surface area contributed by atoms with Gasteiger partial charge in [0.15, 0.2) is 11.5 Å². The molecule has 0 spiro atoms. The van der Waals surface area contributed by atoms with E-state index in [1.807, 2.05) is 0 Å². The van der Waals surface area contributed by atoms with Gasteiger partial charge in [-0.3, -0.25) is 9.59 Å². The Morgan fingerprint density at radius 1 is 1.18 bits per heavy atom. The summed E-state index contributed by atoms with van der Waals surface area (Å²) in [6, 6.07) is 8.11. The Morgan fingerprint density at radius 2 is 1.93 bits per heavy atom. The van der Waals surface area contributed by atoms with Crippen LogP contribution >= 0.6 is 27.3 Å². The molecule has 2 N–H and O–H groups in total. The summed E-state index contributed by atoms with van der Waals surface area (Å²) < 4.78 is 12.3. The Morgan fingerprint density at radius 3 is 2.57 bits per heavy atom. The minimum absolute atomic E-state index is 0.184. The SMILES string of the molecule is COc1ccc(NC(=O)C(C)NC(=O)c2ccc(Br)s2)cc1OC1CCCC1. The van der Waals surface area contributed by atoms with Crippen molar-refractivity contribution in [3.8, 4) is 11.5 Å². The van der Waals surface area contributed by atoms with E-state index in [4.69, 9.17) is 9.47 Å². The number of nitrogens with one attached hydrogen (secondary N) is 2. The lowest BCUT2D eigenvalue weighted by molar-refractivity contribution is -0.117. The Bertz CT molecular complexity index is 848. The molecule has 1 aromatic carbocycles. The van der Waals surface area contributed by atoms with Crippen molar-refractivity contribution < 1.29 is 19.1 Å². The molecule has 1 saturated carbocycles. The molecule has 0 aliphatic heterocycles. The first-order valence-corrected chi connectivity index (χ1v) is 10.8. The molecule has 1 aromatic heterocycles. The van der Waals surface area contributed by atoms with Crippen LogP contribution in [0.5, 0.6) is 11.5 Å². The standard InChI is InChI=1S/C20H23BrN2O4S/c1-12(22-20(25)17-9-10-18(21)28-17)19(24)23-13-7-8-15(26-2)16(11-13)27-14-5-3-4-6-14/h7-12,14H,3-6H2,1-2H3,(H,22,25)(H,23,24). The summed E-state index contributed by atoms with van der Waals surface area (Å²) in [6.07, 6.45) is 4.58. The molecule has 28 heavy (non-hydrogen) atoms. The van der Waals surface area contributed by atoms with E-state index >= 15 is 0 Å². The number of amides is 2. The summed E-state index contributed by atoms with van der Waals surface area (Å²) in [5.74, 6) is 0.668. The average molecular weight is 467 g/mol. The summed E-state index contributed by atoms with van der Waals surface area (Å²) in [4.78, 5) is 25.3. The van der Waals surface area contributed by atoms with Gasteiger partial charge >= 0.3 is 0 Å². The maximum atomic E-state index is 12.5. The van der Waals surface area contributed by atoms with E-state index in [-0.39, 0.29) is 17.9 Å². The summed E-state index contributed by atoms with van der Waals surface area (Å²) in [5.41, 5.74) is 0.596. The van der Waals surface area contributed by atoms with Gasteiger partial charge in [-0.05, 0) is 72.8 Å². The number of rotatable bonds is 7. The first-order chi connectivity index (χ1) is 13.5. The van der Waals surface area contributed by atoms with Crippen LogP contribution in [0.4, 0.5) is 5.69 Å². The van der Waals surface area contributed by atoms with E-state index in [2.05, 4.69) is 26.6 Å². The van der Waals surface area contributed by atoms with Gasteiger partial charge in [-0.15, -0.1) is 11.3 Å². The van der Waals surface area contributed by atoms with Crippen molar-refractivity contribution >= 4 is 44.8 Å². The van der Waals surface area contributed by atoms with Crippen LogP contribution in [-0.2, 0) is 4.79 Å². The number of carbonyl (C=O) groups is 2. The molecule has 2 amide bonds. The zero-order valence-corrected chi connectivity index (χ0v) is 18.2.